The Morgan fingerprint density at radius 3 is 2.31 bits per heavy atom. The Hall–Kier alpha value is -1.96. The maximum absolute atomic E-state index is 12.8. The van der Waals surface area contributed by atoms with Gasteiger partial charge in [-0.3, -0.25) is 19.2 Å². The van der Waals surface area contributed by atoms with E-state index in [4.69, 9.17) is 5.73 Å². The zero-order valence-corrected chi connectivity index (χ0v) is 15.9. The number of amides is 3. The Morgan fingerprint density at radius 1 is 1.19 bits per heavy atom. The minimum absolute atomic E-state index is 0.157. The van der Waals surface area contributed by atoms with Gasteiger partial charge in [-0.25, -0.2) is 0 Å². The van der Waals surface area contributed by atoms with E-state index in [9.17, 15) is 19.2 Å². The van der Waals surface area contributed by atoms with Gasteiger partial charge in [-0.15, -0.1) is 0 Å². The zero-order valence-electron chi connectivity index (χ0n) is 15.9. The quantitative estimate of drug-likeness (QED) is 0.496. The molecule has 0 aromatic carbocycles. The van der Waals surface area contributed by atoms with Crippen molar-refractivity contribution in [3.05, 3.63) is 0 Å². The molecule has 1 heterocycles. The summed E-state index contributed by atoms with van der Waals surface area (Å²) in [5.74, 6) is -2.02. The lowest BCUT2D eigenvalue weighted by atomic mass is 9.86. The number of hydrogen-bond donors (Lipinski definition) is 3. The topological polar surface area (TPSA) is 137 Å². The van der Waals surface area contributed by atoms with E-state index in [0.29, 0.717) is 25.3 Å². The van der Waals surface area contributed by atoms with Crippen molar-refractivity contribution in [2.24, 2.45) is 17.1 Å². The van der Waals surface area contributed by atoms with Gasteiger partial charge in [0.15, 0.2) is 6.04 Å². The number of likely N-dealkylation sites (tertiary alicyclic amines) is 1. The van der Waals surface area contributed by atoms with Gasteiger partial charge in [0.2, 0.25) is 11.7 Å². The van der Waals surface area contributed by atoms with Gasteiger partial charge in [0.25, 0.3) is 11.8 Å². The normalized spacial score (nSPS) is 22.6. The molecule has 3 unspecified atom stereocenters. The molecule has 2 aliphatic rings. The molecule has 0 radical (unpaired) electrons. The Kier molecular flexibility index (Phi) is 6.05. The highest BCUT2D eigenvalue weighted by atomic mass is 16.2. The molecule has 8 heteroatoms. The monoisotopic (exact) mass is 367 g/mol. The van der Waals surface area contributed by atoms with E-state index in [1.807, 2.05) is 20.8 Å². The van der Waals surface area contributed by atoms with Gasteiger partial charge >= 0.3 is 0 Å². The van der Waals surface area contributed by atoms with Crippen molar-refractivity contribution < 1.29 is 24.9 Å². The van der Waals surface area contributed by atoms with Crippen LogP contribution >= 0.6 is 0 Å². The van der Waals surface area contributed by atoms with Crippen molar-refractivity contribution in [1.82, 2.24) is 10.2 Å². The molecule has 0 aromatic heterocycles. The molecule has 2 fully saturated rings. The van der Waals surface area contributed by atoms with Crippen molar-refractivity contribution in [1.29, 1.82) is 0 Å². The first-order chi connectivity index (χ1) is 12.0. The van der Waals surface area contributed by atoms with Crippen LogP contribution in [0.1, 0.15) is 52.9 Å². The van der Waals surface area contributed by atoms with Crippen molar-refractivity contribution in [3.8, 4) is 0 Å². The lowest BCUT2D eigenvalue weighted by Gasteiger charge is -2.31. The second-order valence-electron chi connectivity index (χ2n) is 8.58. The molecule has 2 rings (SSSR count). The summed E-state index contributed by atoms with van der Waals surface area (Å²) in [5.41, 5.74) is 8.77. The van der Waals surface area contributed by atoms with Gasteiger partial charge in [0.1, 0.15) is 6.04 Å². The number of quaternary nitrogens is 1. The van der Waals surface area contributed by atoms with E-state index in [0.717, 1.165) is 19.3 Å². The Bertz CT molecular complexity index is 594. The largest absolute Gasteiger partial charge is 0.363 e. The number of ketones is 1. The number of primary amides is 1. The van der Waals surface area contributed by atoms with Crippen LogP contribution in [0.4, 0.5) is 0 Å². The summed E-state index contributed by atoms with van der Waals surface area (Å²) < 4.78 is 0. The highest BCUT2D eigenvalue weighted by molar-refractivity contribution is 6.37. The molecule has 3 atom stereocenters. The van der Waals surface area contributed by atoms with Crippen LogP contribution in [0.15, 0.2) is 0 Å². The Morgan fingerprint density at radius 2 is 1.81 bits per heavy atom. The number of nitrogens with zero attached hydrogens (tertiary/aromatic N) is 1. The third kappa shape index (κ3) is 4.81. The molecule has 1 saturated heterocycles. The van der Waals surface area contributed by atoms with Gasteiger partial charge < -0.3 is 21.7 Å². The predicted molar refractivity (Wildman–Crippen MR) is 94.3 cm³/mol. The highest BCUT2D eigenvalue weighted by Gasteiger charge is 2.42. The van der Waals surface area contributed by atoms with E-state index in [1.54, 1.807) is 4.90 Å². The van der Waals surface area contributed by atoms with Gasteiger partial charge in [-0.1, -0.05) is 33.6 Å². The van der Waals surface area contributed by atoms with Crippen molar-refractivity contribution in [2.45, 2.75) is 71.0 Å². The van der Waals surface area contributed by atoms with Gasteiger partial charge in [-0.2, -0.15) is 0 Å². The summed E-state index contributed by atoms with van der Waals surface area (Å²) >= 11 is 0. The van der Waals surface area contributed by atoms with Gasteiger partial charge in [-0.05, 0) is 25.2 Å². The molecule has 146 valence electrons. The number of carbonyl (C=O) groups is 4. The average Bonchev–Trinajstić information content (AvgIpc) is 3.23. The summed E-state index contributed by atoms with van der Waals surface area (Å²) in [4.78, 5) is 50.4. The van der Waals surface area contributed by atoms with Gasteiger partial charge in [0, 0.05) is 12.0 Å². The second-order valence-corrected chi connectivity index (χ2v) is 8.58. The second kappa shape index (κ2) is 7.73. The Balaban J connectivity index is 2.07. The SMILES string of the molecule is CC(C)(C)C([NH3+])C(=O)N1CCCC1C(=O)NC(CC1CC1)C(=O)C(N)=O. The maximum Gasteiger partial charge on any atom is 0.287 e. The number of hydrogen-bond acceptors (Lipinski definition) is 4. The fourth-order valence-corrected chi connectivity index (χ4v) is 3.23. The summed E-state index contributed by atoms with van der Waals surface area (Å²) in [5, 5.41) is 2.67. The number of nitrogens with two attached hydrogens (primary N) is 1. The minimum atomic E-state index is -1.04. The predicted octanol–water partition coefficient (Wildman–Crippen LogP) is -1.03. The van der Waals surface area contributed by atoms with Crippen molar-refractivity contribution >= 4 is 23.5 Å². The minimum Gasteiger partial charge on any atom is -0.363 e. The van der Waals surface area contributed by atoms with E-state index in [-0.39, 0.29) is 11.3 Å². The van der Waals surface area contributed by atoms with Crippen LogP contribution in [-0.4, -0.2) is 53.1 Å². The maximum atomic E-state index is 12.8. The van der Waals surface area contributed by atoms with E-state index in [2.05, 4.69) is 11.1 Å². The van der Waals surface area contributed by atoms with Crippen LogP contribution in [0.5, 0.6) is 0 Å². The number of rotatable bonds is 7. The molecule has 3 amide bonds. The molecule has 0 aromatic rings. The molecule has 1 aliphatic heterocycles. The summed E-state index contributed by atoms with van der Waals surface area (Å²) in [7, 11) is 0. The lowest BCUT2D eigenvalue weighted by molar-refractivity contribution is -0.428. The van der Waals surface area contributed by atoms with E-state index in [1.165, 1.54) is 0 Å². The molecule has 0 bridgehead atoms. The molecule has 26 heavy (non-hydrogen) atoms. The van der Waals surface area contributed by atoms with Crippen LogP contribution in [0.3, 0.4) is 0 Å². The fourth-order valence-electron chi connectivity index (χ4n) is 3.23. The van der Waals surface area contributed by atoms with Crippen molar-refractivity contribution in [2.75, 3.05) is 6.54 Å². The zero-order chi connectivity index (χ0) is 19.6. The smallest absolute Gasteiger partial charge is 0.287 e. The third-order valence-electron chi connectivity index (χ3n) is 5.32. The summed E-state index contributed by atoms with van der Waals surface area (Å²) in [6, 6.07) is -2.00. The molecular formula is C18H31N4O4+. The lowest BCUT2D eigenvalue weighted by Crippen LogP contribution is -2.73. The molecule has 0 spiro atoms. The number of nitrogens with one attached hydrogen (secondary N) is 1. The summed E-state index contributed by atoms with van der Waals surface area (Å²) in [6.45, 7) is 6.30. The molecule has 1 saturated carbocycles. The number of carbonyl (C=O) groups excluding carboxylic acids is 4. The van der Waals surface area contributed by atoms with Crippen LogP contribution in [0.25, 0.3) is 0 Å². The standard InChI is InChI=1S/C18H30N4O4/c1-18(2,3)14(19)17(26)22-8-4-5-12(22)16(25)21-11(9-10-6-7-10)13(23)15(20)24/h10-12,14H,4-9,19H2,1-3H3,(H2,20,24)(H,21,25)/p+1. The number of Topliss-reactive ketones (excluding diaryl/α,β-unsaturated/α-hetero) is 1. The van der Waals surface area contributed by atoms with E-state index < -0.39 is 35.7 Å². The first-order valence-electron chi connectivity index (χ1n) is 9.30. The van der Waals surface area contributed by atoms with E-state index >= 15 is 0 Å². The van der Waals surface area contributed by atoms with Crippen molar-refractivity contribution in [3.63, 3.8) is 0 Å². The van der Waals surface area contributed by atoms with Gasteiger partial charge in [0.05, 0.1) is 6.04 Å². The van der Waals surface area contributed by atoms with Crippen LogP contribution in [-0.2, 0) is 19.2 Å². The molecular weight excluding hydrogens is 336 g/mol. The average molecular weight is 367 g/mol. The Labute approximate surface area is 154 Å². The molecule has 8 nitrogen and oxygen atoms in total. The first-order valence-corrected chi connectivity index (χ1v) is 9.30. The third-order valence-corrected chi connectivity index (χ3v) is 5.32. The fraction of sp³-hybridized carbons (Fsp3) is 0.778. The van der Waals surface area contributed by atoms with Crippen LogP contribution in [0.2, 0.25) is 0 Å². The first kappa shape index (κ1) is 20.4. The molecule has 1 aliphatic carbocycles. The van der Waals surface area contributed by atoms with Crippen LogP contribution in [0, 0.1) is 11.3 Å². The highest BCUT2D eigenvalue weighted by Crippen LogP contribution is 2.34. The summed E-state index contributed by atoms with van der Waals surface area (Å²) in [6.07, 6.45) is 3.66. The molecule has 6 N–H and O–H groups in total. The van der Waals surface area contributed by atoms with Crippen LogP contribution < -0.4 is 16.8 Å².